The molecule has 7 heteroatoms. The fourth-order valence-corrected chi connectivity index (χ4v) is 4.84. The molecule has 0 radical (unpaired) electrons. The van der Waals surface area contributed by atoms with Crippen LogP contribution in [0, 0.1) is 12.8 Å². The number of carbonyl (C=O) groups excluding carboxylic acids is 4. The number of carbonyl (C=O) groups is 4. The van der Waals surface area contributed by atoms with Crippen molar-refractivity contribution in [2.24, 2.45) is 5.92 Å². The van der Waals surface area contributed by atoms with E-state index in [2.05, 4.69) is 5.32 Å². The predicted molar refractivity (Wildman–Crippen MR) is 155 cm³/mol. The summed E-state index contributed by atoms with van der Waals surface area (Å²) in [6, 6.07) is 23.7. The van der Waals surface area contributed by atoms with Gasteiger partial charge < -0.3 is 10.2 Å². The topological polar surface area (TPSA) is 86.8 Å². The molecule has 0 spiro atoms. The summed E-state index contributed by atoms with van der Waals surface area (Å²) in [5, 5.41) is 3.02. The van der Waals surface area contributed by atoms with Crippen LogP contribution in [0.1, 0.15) is 64.1 Å². The van der Waals surface area contributed by atoms with Gasteiger partial charge in [0.15, 0.2) is 0 Å². The molecular weight excluding hydrogens is 502 g/mol. The van der Waals surface area contributed by atoms with E-state index in [1.165, 1.54) is 4.90 Å². The van der Waals surface area contributed by atoms with Gasteiger partial charge in [0.1, 0.15) is 6.04 Å². The molecule has 40 heavy (non-hydrogen) atoms. The zero-order valence-electron chi connectivity index (χ0n) is 23.4. The summed E-state index contributed by atoms with van der Waals surface area (Å²) in [5.74, 6) is -0.794. The lowest BCUT2D eigenvalue weighted by Gasteiger charge is -2.32. The molecule has 1 heterocycles. The van der Waals surface area contributed by atoms with E-state index in [4.69, 9.17) is 0 Å². The monoisotopic (exact) mass is 539 g/mol. The molecule has 0 fully saturated rings. The highest BCUT2D eigenvalue weighted by atomic mass is 16.2. The molecule has 0 saturated heterocycles. The fraction of sp³-hybridized carbons (Fsp3) is 0.333. The van der Waals surface area contributed by atoms with Crippen molar-refractivity contribution >= 4 is 23.6 Å². The van der Waals surface area contributed by atoms with Gasteiger partial charge in [-0.05, 0) is 42.5 Å². The summed E-state index contributed by atoms with van der Waals surface area (Å²) in [5.41, 5.74) is 3.78. The van der Waals surface area contributed by atoms with Crippen molar-refractivity contribution in [2.75, 3.05) is 13.1 Å². The predicted octanol–water partition coefficient (Wildman–Crippen LogP) is 4.78. The number of benzene rings is 3. The van der Waals surface area contributed by atoms with Gasteiger partial charge in [-0.25, -0.2) is 0 Å². The summed E-state index contributed by atoms with van der Waals surface area (Å²) in [6.07, 6.45) is 0.781. The van der Waals surface area contributed by atoms with Gasteiger partial charge in [0.2, 0.25) is 11.8 Å². The lowest BCUT2D eigenvalue weighted by molar-refractivity contribution is -0.141. The average molecular weight is 540 g/mol. The molecule has 1 atom stereocenters. The Kier molecular flexibility index (Phi) is 9.48. The first kappa shape index (κ1) is 28.7. The van der Waals surface area contributed by atoms with Crippen LogP contribution in [0.25, 0.3) is 0 Å². The Morgan fingerprint density at radius 1 is 0.825 bits per heavy atom. The van der Waals surface area contributed by atoms with Crippen LogP contribution in [-0.2, 0) is 22.6 Å². The Labute approximate surface area is 236 Å². The lowest BCUT2D eigenvalue weighted by atomic mass is 10.0. The number of imide groups is 1. The maximum Gasteiger partial charge on any atom is 0.261 e. The Bertz CT molecular complexity index is 1320. The van der Waals surface area contributed by atoms with Crippen molar-refractivity contribution in [1.29, 1.82) is 0 Å². The number of hydrogen-bond acceptors (Lipinski definition) is 4. The summed E-state index contributed by atoms with van der Waals surface area (Å²) < 4.78 is 0. The minimum Gasteiger partial charge on any atom is -0.354 e. The highest BCUT2D eigenvalue weighted by Crippen LogP contribution is 2.23. The molecule has 1 aliphatic rings. The average Bonchev–Trinajstić information content (AvgIpc) is 3.20. The van der Waals surface area contributed by atoms with E-state index in [0.717, 1.165) is 16.7 Å². The van der Waals surface area contributed by atoms with Gasteiger partial charge in [0, 0.05) is 32.5 Å². The van der Waals surface area contributed by atoms with Crippen LogP contribution in [0.3, 0.4) is 0 Å². The number of fused-ring (bicyclic) bond motifs is 1. The Morgan fingerprint density at radius 3 is 2.02 bits per heavy atom. The molecule has 1 aliphatic heterocycles. The number of rotatable bonds is 12. The van der Waals surface area contributed by atoms with E-state index in [1.807, 2.05) is 75.4 Å². The fourth-order valence-electron chi connectivity index (χ4n) is 4.84. The largest absolute Gasteiger partial charge is 0.354 e. The third-order valence-electron chi connectivity index (χ3n) is 7.08. The second kappa shape index (κ2) is 13.2. The molecule has 3 aromatic carbocycles. The SMILES string of the molecule is Cc1ccc(CN(C(=O)CCCN2C(=O)c3ccccc3C2=O)[C@@H](Cc2ccccc2)C(=O)NCC(C)C)cc1. The van der Waals surface area contributed by atoms with E-state index in [1.54, 1.807) is 29.2 Å². The number of amides is 4. The molecular formula is C33H37N3O4. The Hall–Kier alpha value is -4.26. The molecule has 0 saturated carbocycles. The zero-order chi connectivity index (χ0) is 28.6. The summed E-state index contributed by atoms with van der Waals surface area (Å²) in [6.45, 7) is 6.99. The first-order chi connectivity index (χ1) is 19.2. The minimum absolute atomic E-state index is 0.0992. The van der Waals surface area contributed by atoms with Crippen LogP contribution in [0.5, 0.6) is 0 Å². The highest BCUT2D eigenvalue weighted by Gasteiger charge is 2.35. The number of hydrogen-bond donors (Lipinski definition) is 1. The first-order valence-electron chi connectivity index (χ1n) is 13.9. The molecule has 4 rings (SSSR count). The highest BCUT2D eigenvalue weighted by molar-refractivity contribution is 6.21. The zero-order valence-corrected chi connectivity index (χ0v) is 23.4. The van der Waals surface area contributed by atoms with Crippen LogP contribution in [0.15, 0.2) is 78.9 Å². The van der Waals surface area contributed by atoms with Gasteiger partial charge in [0.25, 0.3) is 11.8 Å². The summed E-state index contributed by atoms with van der Waals surface area (Å²) in [4.78, 5) is 55.7. The smallest absolute Gasteiger partial charge is 0.261 e. The van der Waals surface area contributed by atoms with E-state index in [-0.39, 0.29) is 49.1 Å². The van der Waals surface area contributed by atoms with Gasteiger partial charge in [-0.15, -0.1) is 0 Å². The molecule has 4 amide bonds. The summed E-state index contributed by atoms with van der Waals surface area (Å²) >= 11 is 0. The van der Waals surface area contributed by atoms with Crippen molar-refractivity contribution < 1.29 is 19.2 Å². The van der Waals surface area contributed by atoms with Crippen molar-refractivity contribution in [3.05, 3.63) is 107 Å². The minimum atomic E-state index is -0.714. The maximum absolute atomic E-state index is 13.8. The number of aryl methyl sites for hydroxylation is 1. The van der Waals surface area contributed by atoms with Gasteiger partial charge >= 0.3 is 0 Å². The van der Waals surface area contributed by atoms with E-state index in [9.17, 15) is 19.2 Å². The van der Waals surface area contributed by atoms with Crippen molar-refractivity contribution in [3.63, 3.8) is 0 Å². The number of nitrogens with one attached hydrogen (secondary N) is 1. The molecule has 0 aromatic heterocycles. The van der Waals surface area contributed by atoms with Gasteiger partial charge in [-0.2, -0.15) is 0 Å². The second-order valence-electron chi connectivity index (χ2n) is 10.8. The Morgan fingerprint density at radius 2 is 1.43 bits per heavy atom. The second-order valence-corrected chi connectivity index (χ2v) is 10.8. The van der Waals surface area contributed by atoms with Crippen LogP contribution >= 0.6 is 0 Å². The Balaban J connectivity index is 1.53. The van der Waals surface area contributed by atoms with Gasteiger partial charge in [0.05, 0.1) is 11.1 Å². The van der Waals surface area contributed by atoms with Crippen molar-refractivity contribution in [1.82, 2.24) is 15.1 Å². The molecule has 0 unspecified atom stereocenters. The van der Waals surface area contributed by atoms with Crippen LogP contribution in [-0.4, -0.2) is 52.6 Å². The quantitative estimate of drug-likeness (QED) is 0.336. The number of nitrogens with zero attached hydrogens (tertiary/aromatic N) is 2. The van der Waals surface area contributed by atoms with E-state index < -0.39 is 6.04 Å². The van der Waals surface area contributed by atoms with Crippen LogP contribution < -0.4 is 5.32 Å². The molecule has 0 bridgehead atoms. The van der Waals surface area contributed by atoms with Crippen LogP contribution in [0.2, 0.25) is 0 Å². The molecule has 0 aliphatic carbocycles. The van der Waals surface area contributed by atoms with E-state index in [0.29, 0.717) is 30.5 Å². The summed E-state index contributed by atoms with van der Waals surface area (Å²) in [7, 11) is 0. The van der Waals surface area contributed by atoms with Gasteiger partial charge in [-0.1, -0.05) is 86.1 Å². The molecule has 1 N–H and O–H groups in total. The third kappa shape index (κ3) is 7.03. The van der Waals surface area contributed by atoms with Crippen molar-refractivity contribution in [3.8, 4) is 0 Å². The first-order valence-corrected chi connectivity index (χ1v) is 13.9. The molecule has 7 nitrogen and oxygen atoms in total. The van der Waals surface area contributed by atoms with Crippen LogP contribution in [0.4, 0.5) is 0 Å². The molecule has 3 aromatic rings. The lowest BCUT2D eigenvalue weighted by Crippen LogP contribution is -2.51. The standard InChI is InChI=1S/C33H37N3O4/c1-23(2)21-34-31(38)29(20-25-10-5-4-6-11-25)36(22-26-17-15-24(3)16-18-26)30(37)14-9-19-35-32(39)27-12-7-8-13-28(27)33(35)40/h4-8,10-13,15-18,23,29H,9,14,19-22H2,1-3H3,(H,34,38)/t29-/m0/s1. The third-order valence-corrected chi connectivity index (χ3v) is 7.08. The van der Waals surface area contributed by atoms with E-state index >= 15 is 0 Å². The van der Waals surface area contributed by atoms with Crippen molar-refractivity contribution in [2.45, 2.75) is 52.6 Å². The molecule has 208 valence electrons. The normalized spacial score (nSPS) is 13.3. The maximum atomic E-state index is 13.8. The van der Waals surface area contributed by atoms with Gasteiger partial charge in [-0.3, -0.25) is 24.1 Å².